The minimum absolute atomic E-state index is 0.145. The fourth-order valence-corrected chi connectivity index (χ4v) is 3.39. The highest BCUT2D eigenvalue weighted by Gasteiger charge is 2.51. The standard InChI is InChI=1S/C13H21N3O4/c1-13(2,11(14)19)16-12(20)15-9-7-4-3-6(5-7)8(9)10(17)18/h6-9H,3-5H2,1-2H3,(H2,14,19)(H,17,18)(H2,15,16,20). The smallest absolute Gasteiger partial charge is 0.315 e. The lowest BCUT2D eigenvalue weighted by atomic mass is 9.84. The molecule has 2 aliphatic carbocycles. The number of nitrogens with one attached hydrogen (secondary N) is 2. The molecule has 3 amide bonds. The number of aliphatic carboxylic acids is 1. The van der Waals surface area contributed by atoms with Gasteiger partial charge in [-0.1, -0.05) is 0 Å². The van der Waals surface area contributed by atoms with E-state index in [9.17, 15) is 19.5 Å². The lowest BCUT2D eigenvalue weighted by Gasteiger charge is -2.30. The normalized spacial score (nSPS) is 31.9. The van der Waals surface area contributed by atoms with Gasteiger partial charge in [0.1, 0.15) is 5.54 Å². The molecule has 7 heteroatoms. The summed E-state index contributed by atoms with van der Waals surface area (Å²) in [4.78, 5) is 34.5. The van der Waals surface area contributed by atoms with Crippen molar-refractivity contribution in [1.82, 2.24) is 10.6 Å². The first kappa shape index (κ1) is 14.6. The Morgan fingerprint density at radius 1 is 1.20 bits per heavy atom. The number of amides is 3. The monoisotopic (exact) mass is 283 g/mol. The number of urea groups is 1. The van der Waals surface area contributed by atoms with Gasteiger partial charge >= 0.3 is 12.0 Å². The molecule has 7 nitrogen and oxygen atoms in total. The van der Waals surface area contributed by atoms with Crippen LogP contribution in [0.2, 0.25) is 0 Å². The molecule has 4 unspecified atom stereocenters. The Hall–Kier alpha value is -1.79. The van der Waals surface area contributed by atoms with Crippen LogP contribution in [-0.4, -0.2) is 34.6 Å². The summed E-state index contributed by atoms with van der Waals surface area (Å²) in [5.74, 6) is -1.68. The van der Waals surface area contributed by atoms with Crippen LogP contribution in [0.1, 0.15) is 33.1 Å². The number of carbonyl (C=O) groups is 3. The molecular weight excluding hydrogens is 262 g/mol. The molecule has 0 heterocycles. The Balaban J connectivity index is 2.00. The number of carbonyl (C=O) groups excluding carboxylic acids is 2. The SMILES string of the molecule is CC(C)(NC(=O)NC1C2CCC(C2)C1C(=O)O)C(N)=O. The minimum Gasteiger partial charge on any atom is -0.481 e. The summed E-state index contributed by atoms with van der Waals surface area (Å²) in [5.41, 5.74) is 4.02. The van der Waals surface area contributed by atoms with Crippen molar-refractivity contribution in [2.24, 2.45) is 23.5 Å². The number of carboxylic acid groups (broad SMARTS) is 1. The zero-order chi connectivity index (χ0) is 15.1. The number of primary amides is 1. The van der Waals surface area contributed by atoms with Gasteiger partial charge in [-0.15, -0.1) is 0 Å². The number of hydrogen-bond acceptors (Lipinski definition) is 3. The van der Waals surface area contributed by atoms with Crippen molar-refractivity contribution in [3.63, 3.8) is 0 Å². The van der Waals surface area contributed by atoms with E-state index in [0.29, 0.717) is 0 Å². The molecule has 0 radical (unpaired) electrons. The second kappa shape index (κ2) is 4.96. The largest absolute Gasteiger partial charge is 0.481 e. The molecule has 5 N–H and O–H groups in total. The van der Waals surface area contributed by atoms with E-state index in [1.807, 2.05) is 0 Å². The Morgan fingerprint density at radius 2 is 1.80 bits per heavy atom. The predicted molar refractivity (Wildman–Crippen MR) is 70.7 cm³/mol. The third kappa shape index (κ3) is 2.57. The molecule has 0 aliphatic heterocycles. The van der Waals surface area contributed by atoms with E-state index in [1.54, 1.807) is 0 Å². The van der Waals surface area contributed by atoms with Gasteiger partial charge in [-0.2, -0.15) is 0 Å². The molecule has 4 atom stereocenters. The van der Waals surface area contributed by atoms with Crippen LogP contribution < -0.4 is 16.4 Å². The summed E-state index contributed by atoms with van der Waals surface area (Å²) in [7, 11) is 0. The Kier molecular flexibility index (Phi) is 3.62. The third-order valence-electron chi connectivity index (χ3n) is 4.54. The lowest BCUT2D eigenvalue weighted by Crippen LogP contribution is -2.58. The van der Waals surface area contributed by atoms with Gasteiger partial charge in [-0.3, -0.25) is 9.59 Å². The van der Waals surface area contributed by atoms with E-state index < -0.39 is 29.4 Å². The van der Waals surface area contributed by atoms with Crippen molar-refractivity contribution in [1.29, 1.82) is 0 Å². The van der Waals surface area contributed by atoms with Gasteiger partial charge in [0.05, 0.1) is 5.92 Å². The maximum atomic E-state index is 11.9. The second-order valence-corrected chi connectivity index (χ2v) is 6.31. The lowest BCUT2D eigenvalue weighted by molar-refractivity contribution is -0.144. The molecular formula is C13H21N3O4. The van der Waals surface area contributed by atoms with Crippen molar-refractivity contribution in [2.75, 3.05) is 0 Å². The molecule has 2 saturated carbocycles. The zero-order valence-electron chi connectivity index (χ0n) is 11.7. The Morgan fingerprint density at radius 3 is 2.35 bits per heavy atom. The highest BCUT2D eigenvalue weighted by atomic mass is 16.4. The zero-order valence-corrected chi connectivity index (χ0v) is 11.7. The molecule has 2 fully saturated rings. The summed E-state index contributed by atoms with van der Waals surface area (Å²) in [6.07, 6.45) is 2.70. The molecule has 0 aromatic carbocycles. The number of fused-ring (bicyclic) bond motifs is 2. The summed E-state index contributed by atoms with van der Waals surface area (Å²) in [5, 5.41) is 14.5. The fourth-order valence-electron chi connectivity index (χ4n) is 3.39. The van der Waals surface area contributed by atoms with Crippen LogP contribution in [0, 0.1) is 17.8 Å². The maximum Gasteiger partial charge on any atom is 0.315 e. The molecule has 0 aromatic rings. The summed E-state index contributed by atoms with van der Waals surface area (Å²) in [6, 6.07) is -0.910. The van der Waals surface area contributed by atoms with E-state index in [2.05, 4.69) is 10.6 Å². The maximum absolute atomic E-state index is 11.9. The third-order valence-corrected chi connectivity index (χ3v) is 4.54. The van der Waals surface area contributed by atoms with Crippen molar-refractivity contribution in [3.05, 3.63) is 0 Å². The number of hydrogen-bond donors (Lipinski definition) is 4. The first-order chi connectivity index (χ1) is 9.22. The van der Waals surface area contributed by atoms with Gasteiger partial charge in [0.2, 0.25) is 5.91 Å². The summed E-state index contributed by atoms with van der Waals surface area (Å²) < 4.78 is 0. The second-order valence-electron chi connectivity index (χ2n) is 6.31. The average molecular weight is 283 g/mol. The summed E-state index contributed by atoms with van der Waals surface area (Å²) in [6.45, 7) is 3.01. The Bertz CT molecular complexity index is 449. The topological polar surface area (TPSA) is 122 Å². The Labute approximate surface area is 117 Å². The first-order valence-electron chi connectivity index (χ1n) is 6.83. The van der Waals surface area contributed by atoms with Crippen molar-refractivity contribution in [2.45, 2.75) is 44.7 Å². The number of nitrogens with two attached hydrogens (primary N) is 1. The first-order valence-corrected chi connectivity index (χ1v) is 6.83. The van der Waals surface area contributed by atoms with Crippen LogP contribution in [0.25, 0.3) is 0 Å². The highest BCUT2D eigenvalue weighted by Crippen LogP contribution is 2.48. The van der Waals surface area contributed by atoms with Crippen molar-refractivity contribution in [3.8, 4) is 0 Å². The van der Waals surface area contributed by atoms with Crippen molar-refractivity contribution < 1.29 is 19.5 Å². The van der Waals surface area contributed by atoms with E-state index in [-0.39, 0.29) is 17.9 Å². The van der Waals surface area contributed by atoms with Gasteiger partial charge in [0.25, 0.3) is 0 Å². The van der Waals surface area contributed by atoms with Crippen LogP contribution in [-0.2, 0) is 9.59 Å². The van der Waals surface area contributed by atoms with Gasteiger partial charge in [-0.05, 0) is 44.9 Å². The molecule has 2 aliphatic rings. The number of rotatable bonds is 4. The van der Waals surface area contributed by atoms with Crippen LogP contribution in [0.5, 0.6) is 0 Å². The molecule has 2 bridgehead atoms. The minimum atomic E-state index is -1.17. The molecule has 2 rings (SSSR count). The molecule has 0 saturated heterocycles. The van der Waals surface area contributed by atoms with Gasteiger partial charge in [0, 0.05) is 6.04 Å². The summed E-state index contributed by atoms with van der Waals surface area (Å²) >= 11 is 0. The number of carboxylic acids is 1. The van der Waals surface area contributed by atoms with Crippen LogP contribution in [0.3, 0.4) is 0 Å². The highest BCUT2D eigenvalue weighted by molar-refractivity contribution is 5.89. The van der Waals surface area contributed by atoms with E-state index in [1.165, 1.54) is 13.8 Å². The quantitative estimate of drug-likeness (QED) is 0.582. The van der Waals surface area contributed by atoms with Crippen molar-refractivity contribution >= 4 is 17.9 Å². The van der Waals surface area contributed by atoms with E-state index in [4.69, 9.17) is 5.73 Å². The molecule has 112 valence electrons. The van der Waals surface area contributed by atoms with E-state index in [0.717, 1.165) is 19.3 Å². The molecule has 0 aromatic heterocycles. The van der Waals surface area contributed by atoms with Crippen LogP contribution >= 0.6 is 0 Å². The van der Waals surface area contributed by atoms with E-state index >= 15 is 0 Å². The fraction of sp³-hybridized carbons (Fsp3) is 0.769. The predicted octanol–water partition coefficient (Wildman–Crippen LogP) is 0.0488. The molecule has 20 heavy (non-hydrogen) atoms. The van der Waals surface area contributed by atoms with Gasteiger partial charge in [-0.25, -0.2) is 4.79 Å². The van der Waals surface area contributed by atoms with Crippen LogP contribution in [0.15, 0.2) is 0 Å². The van der Waals surface area contributed by atoms with Gasteiger partial charge < -0.3 is 21.5 Å². The average Bonchev–Trinajstić information content (AvgIpc) is 2.87. The van der Waals surface area contributed by atoms with Crippen LogP contribution in [0.4, 0.5) is 4.79 Å². The molecule has 0 spiro atoms. The van der Waals surface area contributed by atoms with Gasteiger partial charge in [0.15, 0.2) is 0 Å².